The molecule has 1 aromatic carbocycles. The number of aliphatic hydroxyl groups is 1. The summed E-state index contributed by atoms with van der Waals surface area (Å²) < 4.78 is 35.6. The van der Waals surface area contributed by atoms with E-state index in [9.17, 15) is 18.7 Å². The average molecular weight is 318 g/mol. The Morgan fingerprint density at radius 2 is 2.14 bits per heavy atom. The molecule has 0 aliphatic carbocycles. The molecule has 1 rings (SSSR count). The van der Waals surface area contributed by atoms with Gasteiger partial charge in [-0.15, -0.1) is 0 Å². The highest BCUT2D eigenvalue weighted by Gasteiger charge is 2.09. The van der Waals surface area contributed by atoms with Crippen molar-refractivity contribution in [2.24, 2.45) is 0 Å². The fourth-order valence-electron chi connectivity index (χ4n) is 1.49. The lowest BCUT2D eigenvalue weighted by atomic mass is 10.3. The molecule has 0 heterocycles. The molecule has 0 fully saturated rings. The minimum Gasteiger partial charge on any atom is -0.491 e. The third kappa shape index (κ3) is 7.30. The number of hydrogen-bond acceptors (Lipinski definition) is 5. The summed E-state index contributed by atoms with van der Waals surface area (Å²) in [7, 11) is 1.56. The fourth-order valence-corrected chi connectivity index (χ4v) is 1.49. The van der Waals surface area contributed by atoms with E-state index in [1.54, 1.807) is 7.11 Å². The van der Waals surface area contributed by atoms with Crippen molar-refractivity contribution in [1.29, 1.82) is 0 Å². The predicted octanol–water partition coefficient (Wildman–Crippen LogP) is 0.0567. The van der Waals surface area contributed by atoms with Gasteiger partial charge in [0.05, 0.1) is 13.2 Å². The largest absolute Gasteiger partial charge is 0.491 e. The zero-order chi connectivity index (χ0) is 16.4. The molecule has 3 N–H and O–H groups in total. The van der Waals surface area contributed by atoms with E-state index in [0.29, 0.717) is 13.2 Å². The summed E-state index contributed by atoms with van der Waals surface area (Å²) in [6.07, 6.45) is -0.962. The molecule has 22 heavy (non-hydrogen) atoms. The summed E-state index contributed by atoms with van der Waals surface area (Å²) in [5.41, 5.74) is 0. The first-order chi connectivity index (χ1) is 10.5. The molecule has 1 amide bonds. The van der Waals surface area contributed by atoms with Crippen LogP contribution in [0.15, 0.2) is 18.2 Å². The van der Waals surface area contributed by atoms with Crippen molar-refractivity contribution in [2.75, 3.05) is 40.0 Å². The van der Waals surface area contributed by atoms with Crippen LogP contribution in [0.4, 0.5) is 8.78 Å². The normalized spacial score (nSPS) is 12.0. The number of carbonyl (C=O) groups excluding carboxylic acids is 1. The highest BCUT2D eigenvalue weighted by molar-refractivity contribution is 5.77. The van der Waals surface area contributed by atoms with Crippen molar-refractivity contribution in [3.05, 3.63) is 29.8 Å². The van der Waals surface area contributed by atoms with Crippen LogP contribution in [0, 0.1) is 11.6 Å². The van der Waals surface area contributed by atoms with Crippen LogP contribution in [0.5, 0.6) is 5.75 Å². The Bertz CT molecular complexity index is 474. The molecule has 1 atom stereocenters. The molecule has 0 saturated heterocycles. The van der Waals surface area contributed by atoms with Crippen molar-refractivity contribution in [3.63, 3.8) is 0 Å². The molecule has 0 radical (unpaired) electrons. The summed E-state index contributed by atoms with van der Waals surface area (Å²) in [4.78, 5) is 11.4. The Hall–Kier alpha value is -1.77. The maximum Gasteiger partial charge on any atom is 0.234 e. The van der Waals surface area contributed by atoms with Gasteiger partial charge >= 0.3 is 0 Å². The second-order valence-electron chi connectivity index (χ2n) is 4.51. The number of nitrogens with one attached hydrogen (secondary N) is 2. The van der Waals surface area contributed by atoms with Crippen LogP contribution in [0.25, 0.3) is 0 Å². The van der Waals surface area contributed by atoms with Gasteiger partial charge in [0.15, 0.2) is 11.6 Å². The Labute approximate surface area is 127 Å². The molecule has 0 aliphatic heterocycles. The van der Waals surface area contributed by atoms with E-state index in [1.807, 2.05) is 0 Å². The number of halogens is 2. The van der Waals surface area contributed by atoms with Gasteiger partial charge in [-0.3, -0.25) is 4.79 Å². The molecule has 0 aromatic heterocycles. The maximum atomic E-state index is 12.9. The van der Waals surface area contributed by atoms with E-state index in [4.69, 9.17) is 9.47 Å². The average Bonchev–Trinajstić information content (AvgIpc) is 2.50. The number of amides is 1. The summed E-state index contributed by atoms with van der Waals surface area (Å²) in [5.74, 6) is -2.17. The molecule has 6 nitrogen and oxygen atoms in total. The van der Waals surface area contributed by atoms with Crippen LogP contribution in [-0.2, 0) is 9.53 Å². The highest BCUT2D eigenvalue weighted by Crippen LogP contribution is 2.15. The summed E-state index contributed by atoms with van der Waals surface area (Å²) in [5, 5.41) is 15.0. The van der Waals surface area contributed by atoms with Gasteiger partial charge in [0, 0.05) is 26.3 Å². The quantitative estimate of drug-likeness (QED) is 0.532. The highest BCUT2D eigenvalue weighted by atomic mass is 19.2. The van der Waals surface area contributed by atoms with E-state index < -0.39 is 17.7 Å². The van der Waals surface area contributed by atoms with E-state index in [1.165, 1.54) is 6.07 Å². The predicted molar refractivity (Wildman–Crippen MR) is 75.6 cm³/mol. The molecule has 8 heteroatoms. The van der Waals surface area contributed by atoms with Gasteiger partial charge in [-0.25, -0.2) is 8.78 Å². The molecule has 0 saturated carbocycles. The van der Waals surface area contributed by atoms with Crippen LogP contribution in [0.2, 0.25) is 0 Å². The molecule has 0 spiro atoms. The summed E-state index contributed by atoms with van der Waals surface area (Å²) >= 11 is 0. The van der Waals surface area contributed by atoms with Gasteiger partial charge in [0.25, 0.3) is 0 Å². The van der Waals surface area contributed by atoms with Gasteiger partial charge < -0.3 is 25.2 Å². The lowest BCUT2D eigenvalue weighted by Gasteiger charge is -2.13. The van der Waals surface area contributed by atoms with Gasteiger partial charge in [-0.1, -0.05) is 0 Å². The molecule has 0 bridgehead atoms. The van der Waals surface area contributed by atoms with Gasteiger partial charge in [0.2, 0.25) is 5.91 Å². The molecule has 124 valence electrons. The number of aliphatic hydroxyl groups excluding tert-OH is 1. The number of methoxy groups -OCH3 is 1. The SMILES string of the molecule is COCCNCC(=O)NCC(O)COc1ccc(F)c(F)c1. The van der Waals surface area contributed by atoms with E-state index in [2.05, 4.69) is 10.6 Å². The van der Waals surface area contributed by atoms with Crippen molar-refractivity contribution in [2.45, 2.75) is 6.10 Å². The zero-order valence-electron chi connectivity index (χ0n) is 12.3. The molecule has 1 unspecified atom stereocenters. The first-order valence-corrected chi connectivity index (χ1v) is 6.75. The standard InChI is InChI=1S/C14H20F2N2O4/c1-21-5-4-17-8-14(20)18-7-10(19)9-22-11-2-3-12(15)13(16)6-11/h2-3,6,10,17,19H,4-5,7-9H2,1H3,(H,18,20). The number of ether oxygens (including phenoxy) is 2. The van der Waals surface area contributed by atoms with E-state index >= 15 is 0 Å². The zero-order valence-corrected chi connectivity index (χ0v) is 12.3. The Morgan fingerprint density at radius 1 is 1.36 bits per heavy atom. The Morgan fingerprint density at radius 3 is 2.82 bits per heavy atom. The minimum atomic E-state index is -1.03. The number of hydrogen-bond donors (Lipinski definition) is 3. The van der Waals surface area contributed by atoms with Crippen LogP contribution in [0.1, 0.15) is 0 Å². The molecule has 0 aliphatic rings. The number of benzene rings is 1. The van der Waals surface area contributed by atoms with Crippen LogP contribution in [0.3, 0.4) is 0 Å². The third-order valence-electron chi connectivity index (χ3n) is 2.64. The van der Waals surface area contributed by atoms with Gasteiger partial charge in [0.1, 0.15) is 18.5 Å². The number of rotatable bonds is 10. The monoisotopic (exact) mass is 318 g/mol. The van der Waals surface area contributed by atoms with Crippen molar-refractivity contribution < 1.29 is 28.2 Å². The van der Waals surface area contributed by atoms with Crippen molar-refractivity contribution in [1.82, 2.24) is 10.6 Å². The van der Waals surface area contributed by atoms with E-state index in [-0.39, 0.29) is 31.4 Å². The lowest BCUT2D eigenvalue weighted by molar-refractivity contribution is -0.120. The minimum absolute atomic E-state index is 0.00549. The Balaban J connectivity index is 2.18. The van der Waals surface area contributed by atoms with Crippen LogP contribution < -0.4 is 15.4 Å². The van der Waals surface area contributed by atoms with Gasteiger partial charge in [-0.2, -0.15) is 0 Å². The Kier molecular flexibility index (Phi) is 8.34. The summed E-state index contributed by atoms with van der Waals surface area (Å²) in [6, 6.07) is 3.08. The number of carbonyl (C=O) groups is 1. The second kappa shape index (κ2) is 10.0. The first-order valence-electron chi connectivity index (χ1n) is 6.75. The van der Waals surface area contributed by atoms with Crippen LogP contribution in [-0.4, -0.2) is 57.1 Å². The first kappa shape index (κ1) is 18.3. The van der Waals surface area contributed by atoms with E-state index in [0.717, 1.165) is 12.1 Å². The lowest BCUT2D eigenvalue weighted by Crippen LogP contribution is -2.40. The molecular weight excluding hydrogens is 298 g/mol. The molecule has 1 aromatic rings. The van der Waals surface area contributed by atoms with Gasteiger partial charge in [-0.05, 0) is 12.1 Å². The van der Waals surface area contributed by atoms with Crippen molar-refractivity contribution >= 4 is 5.91 Å². The maximum absolute atomic E-state index is 12.9. The smallest absolute Gasteiger partial charge is 0.234 e. The second-order valence-corrected chi connectivity index (χ2v) is 4.51. The summed E-state index contributed by atoms with van der Waals surface area (Å²) in [6.45, 7) is 1.00. The van der Waals surface area contributed by atoms with Crippen LogP contribution >= 0.6 is 0 Å². The third-order valence-corrected chi connectivity index (χ3v) is 2.64. The van der Waals surface area contributed by atoms with Crippen molar-refractivity contribution in [3.8, 4) is 5.75 Å². The topological polar surface area (TPSA) is 79.8 Å². The fraction of sp³-hybridized carbons (Fsp3) is 0.500. The molecular formula is C14H20F2N2O4.